The van der Waals surface area contributed by atoms with E-state index in [9.17, 15) is 0 Å². The van der Waals surface area contributed by atoms with E-state index >= 15 is 0 Å². The number of methoxy groups -OCH3 is 1. The number of aromatic nitrogens is 2. The van der Waals surface area contributed by atoms with Crippen molar-refractivity contribution in [3.05, 3.63) is 41.8 Å². The third kappa shape index (κ3) is 2.23. The van der Waals surface area contributed by atoms with Crippen molar-refractivity contribution in [1.82, 2.24) is 9.97 Å². The SMILES string of the molecule is COc1c(Cl)ncnc1Oc1ccccc1. The van der Waals surface area contributed by atoms with Crippen LogP contribution < -0.4 is 9.47 Å². The lowest BCUT2D eigenvalue weighted by Gasteiger charge is -2.08. The highest BCUT2D eigenvalue weighted by Gasteiger charge is 2.12. The van der Waals surface area contributed by atoms with E-state index in [1.807, 2.05) is 30.3 Å². The summed E-state index contributed by atoms with van der Waals surface area (Å²) >= 11 is 5.84. The van der Waals surface area contributed by atoms with E-state index in [2.05, 4.69) is 9.97 Å². The summed E-state index contributed by atoms with van der Waals surface area (Å²) in [7, 11) is 1.49. The molecule has 5 heteroatoms. The van der Waals surface area contributed by atoms with Gasteiger partial charge >= 0.3 is 0 Å². The van der Waals surface area contributed by atoms with Crippen molar-refractivity contribution in [3.8, 4) is 17.4 Å². The molecule has 1 aromatic carbocycles. The molecule has 0 amide bonds. The van der Waals surface area contributed by atoms with Gasteiger partial charge in [-0.3, -0.25) is 0 Å². The average molecular weight is 237 g/mol. The standard InChI is InChI=1S/C11H9ClN2O2/c1-15-9-10(12)13-7-14-11(9)16-8-5-3-2-4-6-8/h2-7H,1H3. The average Bonchev–Trinajstić information content (AvgIpc) is 2.31. The van der Waals surface area contributed by atoms with Gasteiger partial charge in [-0.15, -0.1) is 0 Å². The summed E-state index contributed by atoms with van der Waals surface area (Å²) in [6, 6.07) is 9.26. The Bertz CT molecular complexity index is 477. The predicted molar refractivity (Wildman–Crippen MR) is 60.1 cm³/mol. The van der Waals surface area contributed by atoms with Gasteiger partial charge in [0.2, 0.25) is 5.75 Å². The second kappa shape index (κ2) is 4.81. The van der Waals surface area contributed by atoms with Crippen LogP contribution in [0.25, 0.3) is 0 Å². The minimum Gasteiger partial charge on any atom is -0.489 e. The van der Waals surface area contributed by atoms with Crippen LogP contribution in [0.15, 0.2) is 36.7 Å². The minimum absolute atomic E-state index is 0.225. The zero-order valence-corrected chi connectivity index (χ0v) is 9.31. The van der Waals surface area contributed by atoms with Gasteiger partial charge in [0.15, 0.2) is 5.15 Å². The molecule has 0 aliphatic carbocycles. The van der Waals surface area contributed by atoms with Crippen LogP contribution in [0.4, 0.5) is 0 Å². The summed E-state index contributed by atoms with van der Waals surface area (Å²) in [5, 5.41) is 0.225. The van der Waals surface area contributed by atoms with Crippen LogP contribution in [0.1, 0.15) is 0 Å². The van der Waals surface area contributed by atoms with E-state index in [0.717, 1.165) is 0 Å². The highest BCUT2D eigenvalue weighted by Crippen LogP contribution is 2.33. The lowest BCUT2D eigenvalue weighted by atomic mass is 10.3. The molecule has 2 aromatic rings. The van der Waals surface area contributed by atoms with Gasteiger partial charge in [0.25, 0.3) is 5.88 Å². The molecule has 0 aliphatic rings. The number of nitrogens with zero attached hydrogens (tertiary/aromatic N) is 2. The van der Waals surface area contributed by atoms with Gasteiger partial charge in [-0.25, -0.2) is 4.98 Å². The Morgan fingerprint density at radius 1 is 1.12 bits per heavy atom. The van der Waals surface area contributed by atoms with E-state index < -0.39 is 0 Å². The maximum Gasteiger partial charge on any atom is 0.267 e. The Labute approximate surface area is 97.8 Å². The maximum absolute atomic E-state index is 5.84. The van der Waals surface area contributed by atoms with E-state index in [0.29, 0.717) is 17.4 Å². The van der Waals surface area contributed by atoms with Crippen LogP contribution >= 0.6 is 11.6 Å². The first-order valence-corrected chi connectivity index (χ1v) is 4.96. The molecular weight excluding hydrogens is 228 g/mol. The Morgan fingerprint density at radius 3 is 2.56 bits per heavy atom. The Balaban J connectivity index is 2.31. The molecule has 82 valence electrons. The van der Waals surface area contributed by atoms with Gasteiger partial charge in [-0.1, -0.05) is 29.8 Å². The van der Waals surface area contributed by atoms with E-state index in [1.54, 1.807) is 0 Å². The van der Waals surface area contributed by atoms with Crippen molar-refractivity contribution in [2.45, 2.75) is 0 Å². The molecule has 1 aromatic heterocycles. The monoisotopic (exact) mass is 236 g/mol. The predicted octanol–water partition coefficient (Wildman–Crippen LogP) is 2.93. The lowest BCUT2D eigenvalue weighted by Crippen LogP contribution is -1.95. The quantitative estimate of drug-likeness (QED) is 0.769. The zero-order valence-electron chi connectivity index (χ0n) is 8.55. The summed E-state index contributed by atoms with van der Waals surface area (Å²) in [6.07, 6.45) is 1.32. The summed E-state index contributed by atoms with van der Waals surface area (Å²) in [5.41, 5.74) is 0. The van der Waals surface area contributed by atoms with Crippen molar-refractivity contribution in [3.63, 3.8) is 0 Å². The third-order valence-corrected chi connectivity index (χ3v) is 2.16. The fourth-order valence-electron chi connectivity index (χ4n) is 1.18. The highest BCUT2D eigenvalue weighted by atomic mass is 35.5. The number of ether oxygens (including phenoxy) is 2. The molecule has 0 bridgehead atoms. The first-order valence-electron chi connectivity index (χ1n) is 4.58. The Hall–Kier alpha value is -1.81. The normalized spacial score (nSPS) is 9.88. The molecule has 1 heterocycles. The summed E-state index contributed by atoms with van der Waals surface area (Å²) < 4.78 is 10.6. The first kappa shape index (κ1) is 10.7. The van der Waals surface area contributed by atoms with Crippen molar-refractivity contribution >= 4 is 11.6 Å². The maximum atomic E-state index is 5.84. The fraction of sp³-hybridized carbons (Fsp3) is 0.0909. The molecule has 4 nitrogen and oxygen atoms in total. The van der Waals surface area contributed by atoms with E-state index in [-0.39, 0.29) is 5.15 Å². The Kier molecular flexibility index (Phi) is 3.22. The van der Waals surface area contributed by atoms with Crippen molar-refractivity contribution in [1.29, 1.82) is 0 Å². The van der Waals surface area contributed by atoms with Gasteiger partial charge in [0.05, 0.1) is 7.11 Å². The lowest BCUT2D eigenvalue weighted by molar-refractivity contribution is 0.367. The summed E-state index contributed by atoms with van der Waals surface area (Å²) in [6.45, 7) is 0. The first-order chi connectivity index (χ1) is 7.81. The van der Waals surface area contributed by atoms with Gasteiger partial charge in [-0.05, 0) is 12.1 Å². The van der Waals surface area contributed by atoms with E-state index in [1.165, 1.54) is 13.4 Å². The number of benzene rings is 1. The molecule has 0 aliphatic heterocycles. The molecule has 0 radical (unpaired) electrons. The molecule has 0 saturated carbocycles. The van der Waals surface area contributed by atoms with Gasteiger partial charge in [0, 0.05) is 0 Å². The van der Waals surface area contributed by atoms with Crippen LogP contribution in [0.5, 0.6) is 17.4 Å². The van der Waals surface area contributed by atoms with Crippen molar-refractivity contribution in [2.24, 2.45) is 0 Å². The summed E-state index contributed by atoms with van der Waals surface area (Å²) in [4.78, 5) is 7.76. The van der Waals surface area contributed by atoms with Crippen molar-refractivity contribution in [2.75, 3.05) is 7.11 Å². The second-order valence-electron chi connectivity index (χ2n) is 2.92. The number of rotatable bonds is 3. The molecular formula is C11H9ClN2O2. The molecule has 16 heavy (non-hydrogen) atoms. The van der Waals surface area contributed by atoms with Gasteiger partial charge in [-0.2, -0.15) is 4.98 Å². The molecule has 0 fully saturated rings. The molecule has 0 spiro atoms. The largest absolute Gasteiger partial charge is 0.489 e. The molecule has 2 rings (SSSR count). The third-order valence-electron chi connectivity index (χ3n) is 1.89. The van der Waals surface area contributed by atoms with E-state index in [4.69, 9.17) is 21.1 Å². The number of hydrogen-bond donors (Lipinski definition) is 0. The van der Waals surface area contributed by atoms with Crippen LogP contribution in [-0.4, -0.2) is 17.1 Å². The fourth-order valence-corrected chi connectivity index (χ4v) is 1.38. The minimum atomic E-state index is 0.225. The van der Waals surface area contributed by atoms with Crippen LogP contribution in [-0.2, 0) is 0 Å². The summed E-state index contributed by atoms with van der Waals surface area (Å²) in [5.74, 6) is 1.29. The molecule has 0 N–H and O–H groups in total. The molecule has 0 unspecified atom stereocenters. The molecule has 0 saturated heterocycles. The second-order valence-corrected chi connectivity index (χ2v) is 3.28. The number of hydrogen-bond acceptors (Lipinski definition) is 4. The topological polar surface area (TPSA) is 44.2 Å². The molecule has 0 atom stereocenters. The van der Waals surface area contributed by atoms with Crippen LogP contribution in [0, 0.1) is 0 Å². The number of halogens is 1. The smallest absolute Gasteiger partial charge is 0.267 e. The van der Waals surface area contributed by atoms with Gasteiger partial charge < -0.3 is 9.47 Å². The van der Waals surface area contributed by atoms with Crippen LogP contribution in [0.2, 0.25) is 5.15 Å². The number of para-hydroxylation sites is 1. The zero-order chi connectivity index (χ0) is 11.4. The highest BCUT2D eigenvalue weighted by molar-refractivity contribution is 6.31. The van der Waals surface area contributed by atoms with Gasteiger partial charge in [0.1, 0.15) is 12.1 Å². The van der Waals surface area contributed by atoms with Crippen molar-refractivity contribution < 1.29 is 9.47 Å². The Morgan fingerprint density at radius 2 is 1.88 bits per heavy atom. The van der Waals surface area contributed by atoms with Crippen LogP contribution in [0.3, 0.4) is 0 Å².